The lowest BCUT2D eigenvalue weighted by atomic mass is 9.45. The second kappa shape index (κ2) is 5.62. The number of hydrogen-bond donors (Lipinski definition) is 1. The van der Waals surface area contributed by atoms with Gasteiger partial charge in [-0.1, -0.05) is 51.0 Å². The predicted octanol–water partition coefficient (Wildman–Crippen LogP) is 5.67. The number of aliphatic hydroxyl groups is 1. The molecule has 0 aliphatic heterocycles. The van der Waals surface area contributed by atoms with Crippen molar-refractivity contribution in [1.29, 1.82) is 0 Å². The van der Waals surface area contributed by atoms with Crippen LogP contribution >= 0.6 is 0 Å². The summed E-state index contributed by atoms with van der Waals surface area (Å²) in [7, 11) is 0. The summed E-state index contributed by atoms with van der Waals surface area (Å²) in [4.78, 5) is 0. The van der Waals surface area contributed by atoms with Crippen molar-refractivity contribution >= 4 is 0 Å². The second-order valence-electron chi connectivity index (χ2n) is 9.21. The molecule has 1 heteroatoms. The molecule has 1 nitrogen and oxygen atoms in total. The zero-order valence-corrected chi connectivity index (χ0v) is 15.3. The zero-order chi connectivity index (χ0) is 16.9. The van der Waals surface area contributed by atoms with Crippen molar-refractivity contribution in [3.05, 3.63) is 37.0 Å². The van der Waals surface area contributed by atoms with E-state index in [2.05, 4.69) is 46.1 Å². The molecule has 3 aliphatic carbocycles. The average molecular weight is 315 g/mol. The molecule has 0 heterocycles. The molecule has 0 spiro atoms. The molecule has 3 aliphatic rings. The summed E-state index contributed by atoms with van der Waals surface area (Å²) >= 11 is 0. The Morgan fingerprint density at radius 1 is 1.22 bits per heavy atom. The third-order valence-corrected chi connectivity index (χ3v) is 7.77. The molecule has 1 N–H and O–H groups in total. The molecule has 23 heavy (non-hydrogen) atoms. The van der Waals surface area contributed by atoms with Gasteiger partial charge in [0.05, 0.1) is 6.10 Å². The lowest BCUT2D eigenvalue weighted by molar-refractivity contribution is -0.0816. The van der Waals surface area contributed by atoms with Gasteiger partial charge in [-0.25, -0.2) is 0 Å². The molecule has 3 rings (SSSR count). The Morgan fingerprint density at radius 3 is 2.61 bits per heavy atom. The molecule has 128 valence electrons. The fourth-order valence-electron chi connectivity index (χ4n) is 6.29. The van der Waals surface area contributed by atoms with E-state index in [4.69, 9.17) is 0 Å². The van der Waals surface area contributed by atoms with Gasteiger partial charge in [0.2, 0.25) is 0 Å². The van der Waals surface area contributed by atoms with Crippen LogP contribution in [0.25, 0.3) is 0 Å². The maximum absolute atomic E-state index is 10.7. The minimum Gasteiger partial charge on any atom is -0.388 e. The van der Waals surface area contributed by atoms with E-state index >= 15 is 0 Å². The summed E-state index contributed by atoms with van der Waals surface area (Å²) in [6.45, 7) is 15.1. The minimum absolute atomic E-state index is 0.0141. The highest BCUT2D eigenvalue weighted by Crippen LogP contribution is 2.64. The van der Waals surface area contributed by atoms with Crippen molar-refractivity contribution in [2.45, 2.75) is 71.8 Å². The first kappa shape index (κ1) is 17.0. The van der Waals surface area contributed by atoms with Crippen molar-refractivity contribution in [1.82, 2.24) is 0 Å². The molecular formula is C22H34O. The lowest BCUT2D eigenvalue weighted by Crippen LogP contribution is -2.53. The first-order valence-electron chi connectivity index (χ1n) is 9.44. The highest BCUT2D eigenvalue weighted by Gasteiger charge is 2.56. The summed E-state index contributed by atoms with van der Waals surface area (Å²) < 4.78 is 0. The van der Waals surface area contributed by atoms with Gasteiger partial charge in [0, 0.05) is 5.41 Å². The molecule has 0 bridgehead atoms. The molecule has 1 unspecified atom stereocenters. The summed E-state index contributed by atoms with van der Waals surface area (Å²) in [5.41, 5.74) is 2.23. The molecule has 0 amide bonds. The molecule has 6 atom stereocenters. The highest BCUT2D eigenvalue weighted by molar-refractivity contribution is 5.29. The van der Waals surface area contributed by atoms with E-state index in [9.17, 15) is 5.11 Å². The van der Waals surface area contributed by atoms with Gasteiger partial charge in [0.25, 0.3) is 0 Å². The van der Waals surface area contributed by atoms with E-state index in [0.29, 0.717) is 5.92 Å². The van der Waals surface area contributed by atoms with Gasteiger partial charge >= 0.3 is 0 Å². The predicted molar refractivity (Wildman–Crippen MR) is 98.1 cm³/mol. The molecular weight excluding hydrogens is 280 g/mol. The standard InChI is InChI=1S/C22H34O/c1-6-19(23)22(5)13-8-12-21(4)17-11-14-20(3,7-2)15-16(17)9-10-18(21)22/h6-7,11,16,18-19,23H,1-2,8-10,12-15H2,3-5H3/t16-,18-,19?,20-,21-,22+/m0/s1. The largest absolute Gasteiger partial charge is 0.388 e. The van der Waals surface area contributed by atoms with E-state index < -0.39 is 0 Å². The topological polar surface area (TPSA) is 20.2 Å². The summed E-state index contributed by atoms with van der Waals surface area (Å²) in [6, 6.07) is 0. The van der Waals surface area contributed by atoms with Crippen molar-refractivity contribution in [2.24, 2.45) is 28.1 Å². The first-order chi connectivity index (χ1) is 10.8. The summed E-state index contributed by atoms with van der Waals surface area (Å²) in [5, 5.41) is 10.7. The number of fused-ring (bicyclic) bond motifs is 3. The smallest absolute Gasteiger partial charge is 0.0774 e. The van der Waals surface area contributed by atoms with Crippen LogP contribution in [-0.4, -0.2) is 11.2 Å². The molecule has 2 saturated carbocycles. The van der Waals surface area contributed by atoms with Gasteiger partial charge in [-0.05, 0) is 61.2 Å². The number of allylic oxidation sites excluding steroid dienone is 3. The van der Waals surface area contributed by atoms with Crippen LogP contribution in [0.5, 0.6) is 0 Å². The van der Waals surface area contributed by atoms with Gasteiger partial charge in [0.15, 0.2) is 0 Å². The van der Waals surface area contributed by atoms with Crippen molar-refractivity contribution in [3.63, 3.8) is 0 Å². The number of aliphatic hydroxyl groups excluding tert-OH is 1. The highest BCUT2D eigenvalue weighted by atomic mass is 16.3. The van der Waals surface area contributed by atoms with Gasteiger partial charge in [-0.15, -0.1) is 13.2 Å². The third kappa shape index (κ3) is 2.47. The van der Waals surface area contributed by atoms with Gasteiger partial charge in [0.1, 0.15) is 0 Å². The average Bonchev–Trinajstić information content (AvgIpc) is 2.53. The fourth-order valence-corrected chi connectivity index (χ4v) is 6.29. The Hall–Kier alpha value is -0.820. The maximum Gasteiger partial charge on any atom is 0.0774 e. The van der Waals surface area contributed by atoms with Crippen LogP contribution in [0.2, 0.25) is 0 Å². The lowest BCUT2D eigenvalue weighted by Gasteiger charge is -2.60. The van der Waals surface area contributed by atoms with Crippen LogP contribution in [-0.2, 0) is 0 Å². The Kier molecular flexibility index (Phi) is 4.16. The Balaban J connectivity index is 1.98. The molecule has 0 radical (unpaired) electrons. The minimum atomic E-state index is -0.383. The number of hydrogen-bond acceptors (Lipinski definition) is 1. The van der Waals surface area contributed by atoms with Gasteiger partial charge in [-0.3, -0.25) is 0 Å². The van der Waals surface area contributed by atoms with Gasteiger partial charge < -0.3 is 5.11 Å². The van der Waals surface area contributed by atoms with Crippen molar-refractivity contribution in [3.8, 4) is 0 Å². The Labute approximate surface area is 142 Å². The molecule has 0 saturated heterocycles. The van der Waals surface area contributed by atoms with Crippen LogP contribution in [0, 0.1) is 28.1 Å². The van der Waals surface area contributed by atoms with E-state index in [1.807, 2.05) is 0 Å². The van der Waals surface area contributed by atoms with Crippen LogP contribution < -0.4 is 0 Å². The van der Waals surface area contributed by atoms with E-state index in [0.717, 1.165) is 18.8 Å². The van der Waals surface area contributed by atoms with Crippen molar-refractivity contribution < 1.29 is 5.11 Å². The Bertz CT molecular complexity index is 532. The SMILES string of the molecule is C=CC(O)[C@]1(C)CCC[C@@]2(C)C3=CC[C@](C)(C=C)C[C@@H]3CC[C@@H]21. The second-order valence-corrected chi connectivity index (χ2v) is 9.21. The molecule has 0 aromatic carbocycles. The van der Waals surface area contributed by atoms with Crippen LogP contribution in [0.3, 0.4) is 0 Å². The van der Waals surface area contributed by atoms with Crippen LogP contribution in [0.15, 0.2) is 37.0 Å². The maximum atomic E-state index is 10.7. The van der Waals surface area contributed by atoms with Crippen molar-refractivity contribution in [2.75, 3.05) is 0 Å². The monoisotopic (exact) mass is 314 g/mol. The van der Waals surface area contributed by atoms with Crippen LogP contribution in [0.1, 0.15) is 65.7 Å². The first-order valence-corrected chi connectivity index (χ1v) is 9.44. The molecule has 2 fully saturated rings. The van der Waals surface area contributed by atoms with Crippen LogP contribution in [0.4, 0.5) is 0 Å². The normalized spacial score (nSPS) is 47.7. The quantitative estimate of drug-likeness (QED) is 0.666. The fraction of sp³-hybridized carbons (Fsp3) is 0.727. The zero-order valence-electron chi connectivity index (χ0n) is 15.3. The molecule has 0 aromatic rings. The Morgan fingerprint density at radius 2 is 1.96 bits per heavy atom. The van der Waals surface area contributed by atoms with Gasteiger partial charge in [-0.2, -0.15) is 0 Å². The van der Waals surface area contributed by atoms with E-state index in [1.54, 1.807) is 11.6 Å². The summed E-state index contributed by atoms with van der Waals surface area (Å²) in [5.74, 6) is 1.29. The number of rotatable bonds is 3. The summed E-state index contributed by atoms with van der Waals surface area (Å²) in [6.07, 6.45) is 14.6. The van der Waals surface area contributed by atoms with E-state index in [1.165, 1.54) is 32.1 Å². The third-order valence-electron chi connectivity index (χ3n) is 7.77. The molecule has 0 aromatic heterocycles. The van der Waals surface area contributed by atoms with E-state index in [-0.39, 0.29) is 22.3 Å².